The predicted molar refractivity (Wildman–Crippen MR) is 81.8 cm³/mol. The summed E-state index contributed by atoms with van der Waals surface area (Å²) in [6.07, 6.45) is 0. The molecule has 0 aliphatic heterocycles. The fraction of sp³-hybridized carbons (Fsp3) is 0. The molecule has 0 saturated heterocycles. The molecule has 3 nitrogen and oxygen atoms in total. The third-order valence-corrected chi connectivity index (χ3v) is 3.64. The van der Waals surface area contributed by atoms with Gasteiger partial charge in [-0.1, -0.05) is 58.7 Å². The molecule has 100 valence electrons. The number of aromatic nitrogens is 1. The molecule has 0 bridgehead atoms. The van der Waals surface area contributed by atoms with Crippen LogP contribution in [0.5, 0.6) is 0 Å². The summed E-state index contributed by atoms with van der Waals surface area (Å²) >= 11 is 12.4. The monoisotopic (exact) mass is 304 g/mol. The van der Waals surface area contributed by atoms with Gasteiger partial charge in [0.1, 0.15) is 0 Å². The van der Waals surface area contributed by atoms with Crippen molar-refractivity contribution in [2.24, 2.45) is 0 Å². The summed E-state index contributed by atoms with van der Waals surface area (Å²) in [4.78, 5) is 0. The van der Waals surface area contributed by atoms with Crippen molar-refractivity contribution in [3.8, 4) is 22.5 Å². The Morgan fingerprint density at radius 3 is 2.00 bits per heavy atom. The number of nitrogen functional groups attached to an aromatic ring is 1. The van der Waals surface area contributed by atoms with Crippen molar-refractivity contribution >= 4 is 29.0 Å². The lowest BCUT2D eigenvalue weighted by Crippen LogP contribution is -1.89. The lowest BCUT2D eigenvalue weighted by molar-refractivity contribution is 0.436. The normalized spacial score (nSPS) is 10.7. The molecule has 0 aliphatic rings. The first-order valence-corrected chi connectivity index (χ1v) is 6.69. The van der Waals surface area contributed by atoms with Crippen LogP contribution in [0.3, 0.4) is 0 Å². The van der Waals surface area contributed by atoms with Crippen LogP contribution in [0, 0.1) is 0 Å². The average molecular weight is 305 g/mol. The maximum atomic E-state index is 6.23. The molecule has 0 fully saturated rings. The summed E-state index contributed by atoms with van der Waals surface area (Å²) in [5.41, 5.74) is 8.08. The molecular formula is C15H10Cl2N2O. The largest absolute Gasteiger partial charge is 0.380 e. The van der Waals surface area contributed by atoms with Gasteiger partial charge in [0.25, 0.3) is 0 Å². The van der Waals surface area contributed by atoms with Crippen LogP contribution < -0.4 is 5.73 Å². The van der Waals surface area contributed by atoms with Crippen molar-refractivity contribution in [3.05, 3.63) is 58.6 Å². The van der Waals surface area contributed by atoms with E-state index in [1.165, 1.54) is 0 Å². The van der Waals surface area contributed by atoms with Crippen LogP contribution in [0.2, 0.25) is 10.0 Å². The van der Waals surface area contributed by atoms with Crippen LogP contribution in [0.1, 0.15) is 0 Å². The van der Waals surface area contributed by atoms with E-state index in [1.54, 1.807) is 12.1 Å². The minimum atomic E-state index is 0.285. The molecule has 0 aliphatic carbocycles. The molecule has 2 aromatic carbocycles. The number of rotatable bonds is 2. The zero-order valence-electron chi connectivity index (χ0n) is 10.3. The van der Waals surface area contributed by atoms with E-state index in [2.05, 4.69) is 5.16 Å². The number of nitrogens with zero attached hydrogens (tertiary/aromatic N) is 1. The minimum absolute atomic E-state index is 0.285. The highest BCUT2D eigenvalue weighted by molar-refractivity contribution is 6.34. The molecule has 0 atom stereocenters. The smallest absolute Gasteiger partial charge is 0.178 e. The van der Waals surface area contributed by atoms with Crippen LogP contribution in [0.4, 0.5) is 5.82 Å². The Morgan fingerprint density at radius 1 is 0.850 bits per heavy atom. The lowest BCUT2D eigenvalue weighted by atomic mass is 10.0. The average Bonchev–Trinajstić information content (AvgIpc) is 2.82. The molecule has 0 saturated carbocycles. The Labute approximate surface area is 125 Å². The van der Waals surface area contributed by atoms with Gasteiger partial charge in [-0.05, 0) is 18.2 Å². The van der Waals surface area contributed by atoms with Crippen LogP contribution in [0.25, 0.3) is 22.5 Å². The molecule has 0 radical (unpaired) electrons. The number of benzene rings is 2. The van der Waals surface area contributed by atoms with Crippen molar-refractivity contribution in [3.63, 3.8) is 0 Å². The van der Waals surface area contributed by atoms with Crippen LogP contribution in [0.15, 0.2) is 53.1 Å². The van der Waals surface area contributed by atoms with Gasteiger partial charge in [-0.3, -0.25) is 0 Å². The van der Waals surface area contributed by atoms with E-state index in [0.717, 1.165) is 11.1 Å². The molecule has 0 amide bonds. The molecular weight excluding hydrogens is 295 g/mol. The first-order chi connectivity index (χ1) is 9.68. The van der Waals surface area contributed by atoms with Gasteiger partial charge in [0.15, 0.2) is 11.6 Å². The zero-order valence-corrected chi connectivity index (χ0v) is 11.8. The van der Waals surface area contributed by atoms with Gasteiger partial charge in [-0.25, -0.2) is 0 Å². The fourth-order valence-electron chi connectivity index (χ4n) is 2.06. The van der Waals surface area contributed by atoms with Crippen molar-refractivity contribution in [1.29, 1.82) is 0 Å². The molecule has 3 aromatic rings. The maximum absolute atomic E-state index is 6.23. The Bertz CT molecular complexity index is 768. The Kier molecular flexibility index (Phi) is 3.38. The number of hydrogen-bond donors (Lipinski definition) is 1. The Balaban J connectivity index is 2.26. The maximum Gasteiger partial charge on any atom is 0.178 e. The standard InChI is InChI=1S/C15H10Cl2N2O/c16-11-7-3-1-5-9(11)13-14(20-19-15(13)18)10-6-2-4-8-12(10)17/h1-8H,(H2,18,19). The van der Waals surface area contributed by atoms with E-state index in [4.69, 9.17) is 33.5 Å². The van der Waals surface area contributed by atoms with E-state index >= 15 is 0 Å². The highest BCUT2D eigenvalue weighted by Crippen LogP contribution is 2.41. The van der Waals surface area contributed by atoms with Crippen molar-refractivity contribution in [2.75, 3.05) is 5.73 Å². The second-order valence-corrected chi connectivity index (χ2v) is 5.05. The topological polar surface area (TPSA) is 52.0 Å². The summed E-state index contributed by atoms with van der Waals surface area (Å²) in [5, 5.41) is 4.98. The summed E-state index contributed by atoms with van der Waals surface area (Å²) in [6.45, 7) is 0. The molecule has 20 heavy (non-hydrogen) atoms. The van der Waals surface area contributed by atoms with Gasteiger partial charge in [0.05, 0.1) is 10.6 Å². The second-order valence-electron chi connectivity index (χ2n) is 4.23. The highest BCUT2D eigenvalue weighted by atomic mass is 35.5. The molecule has 5 heteroatoms. The quantitative estimate of drug-likeness (QED) is 0.732. The summed E-state index contributed by atoms with van der Waals surface area (Å²) in [5.74, 6) is 0.800. The molecule has 2 N–H and O–H groups in total. The number of halogens is 2. The van der Waals surface area contributed by atoms with E-state index in [9.17, 15) is 0 Å². The van der Waals surface area contributed by atoms with E-state index < -0.39 is 0 Å². The molecule has 0 unspecified atom stereocenters. The SMILES string of the molecule is Nc1noc(-c2ccccc2Cl)c1-c1ccccc1Cl. The van der Waals surface area contributed by atoms with E-state index in [0.29, 0.717) is 21.4 Å². The van der Waals surface area contributed by atoms with Crippen molar-refractivity contribution in [1.82, 2.24) is 5.16 Å². The molecule has 0 spiro atoms. The lowest BCUT2D eigenvalue weighted by Gasteiger charge is -2.06. The van der Waals surface area contributed by atoms with Gasteiger partial charge < -0.3 is 10.3 Å². The first kappa shape index (κ1) is 13.0. The summed E-state index contributed by atoms with van der Waals surface area (Å²) in [6, 6.07) is 14.7. The number of anilines is 1. The Hall–Kier alpha value is -1.97. The minimum Gasteiger partial charge on any atom is -0.380 e. The van der Waals surface area contributed by atoms with Crippen molar-refractivity contribution < 1.29 is 4.52 Å². The van der Waals surface area contributed by atoms with Crippen LogP contribution in [-0.4, -0.2) is 5.16 Å². The van der Waals surface area contributed by atoms with Crippen LogP contribution in [-0.2, 0) is 0 Å². The molecule has 1 aromatic heterocycles. The van der Waals surface area contributed by atoms with Gasteiger partial charge in [0.2, 0.25) is 0 Å². The third-order valence-electron chi connectivity index (χ3n) is 2.98. The van der Waals surface area contributed by atoms with E-state index in [-0.39, 0.29) is 5.82 Å². The number of hydrogen-bond acceptors (Lipinski definition) is 3. The van der Waals surface area contributed by atoms with E-state index in [1.807, 2.05) is 36.4 Å². The molecule has 3 rings (SSSR count). The number of nitrogens with two attached hydrogens (primary N) is 1. The zero-order chi connectivity index (χ0) is 14.1. The first-order valence-electron chi connectivity index (χ1n) is 5.93. The fourth-order valence-corrected chi connectivity index (χ4v) is 2.51. The van der Waals surface area contributed by atoms with Gasteiger partial charge in [0, 0.05) is 16.1 Å². The Morgan fingerprint density at radius 2 is 1.40 bits per heavy atom. The third kappa shape index (κ3) is 2.15. The van der Waals surface area contributed by atoms with Crippen LogP contribution >= 0.6 is 23.2 Å². The van der Waals surface area contributed by atoms with Crippen molar-refractivity contribution in [2.45, 2.75) is 0 Å². The second kappa shape index (κ2) is 5.19. The van der Waals surface area contributed by atoms with Gasteiger partial charge in [-0.15, -0.1) is 0 Å². The summed E-state index contributed by atoms with van der Waals surface area (Å²) in [7, 11) is 0. The summed E-state index contributed by atoms with van der Waals surface area (Å²) < 4.78 is 5.35. The molecule has 1 heterocycles. The van der Waals surface area contributed by atoms with Gasteiger partial charge in [-0.2, -0.15) is 0 Å². The predicted octanol–water partition coefficient (Wildman–Crippen LogP) is 4.90. The highest BCUT2D eigenvalue weighted by Gasteiger charge is 2.20. The van der Waals surface area contributed by atoms with Gasteiger partial charge >= 0.3 is 0 Å².